The Morgan fingerprint density at radius 3 is 2.30 bits per heavy atom. The van der Waals surface area contributed by atoms with Crippen molar-refractivity contribution < 1.29 is 4.74 Å². The van der Waals surface area contributed by atoms with Gasteiger partial charge in [0.2, 0.25) is 0 Å². The van der Waals surface area contributed by atoms with Gasteiger partial charge < -0.3 is 15.0 Å². The molecule has 0 spiro atoms. The lowest BCUT2D eigenvalue weighted by Crippen LogP contribution is -2.46. The molecule has 33 heavy (non-hydrogen) atoms. The van der Waals surface area contributed by atoms with Crippen LogP contribution in [0.2, 0.25) is 0 Å². The van der Waals surface area contributed by atoms with Crippen LogP contribution >= 0.6 is 0 Å². The summed E-state index contributed by atoms with van der Waals surface area (Å²) in [6.45, 7) is 11.4. The van der Waals surface area contributed by atoms with Crippen molar-refractivity contribution in [3.63, 3.8) is 0 Å². The molecule has 1 saturated heterocycles. The molecular weight excluding hydrogens is 406 g/mol. The number of anilines is 2. The predicted molar refractivity (Wildman–Crippen MR) is 137 cm³/mol. The van der Waals surface area contributed by atoms with Crippen LogP contribution in [0.4, 0.5) is 11.4 Å². The number of nitrogens with zero attached hydrogens (tertiary/aromatic N) is 2. The molecule has 4 heteroatoms. The fourth-order valence-corrected chi connectivity index (χ4v) is 5.27. The molecule has 4 nitrogen and oxygen atoms in total. The molecule has 3 aromatic rings. The summed E-state index contributed by atoms with van der Waals surface area (Å²) in [4.78, 5) is 5.21. The van der Waals surface area contributed by atoms with Crippen LogP contribution in [0, 0.1) is 0 Å². The molecule has 3 aromatic carbocycles. The molecule has 0 unspecified atom stereocenters. The van der Waals surface area contributed by atoms with Crippen LogP contribution in [0.25, 0.3) is 0 Å². The van der Waals surface area contributed by atoms with Crippen molar-refractivity contribution in [2.45, 2.75) is 32.2 Å². The highest BCUT2D eigenvalue weighted by atomic mass is 16.5. The maximum Gasteiger partial charge on any atom is 0.120 e. The minimum Gasteiger partial charge on any atom is -0.497 e. The minimum absolute atomic E-state index is 0.0473. The van der Waals surface area contributed by atoms with Gasteiger partial charge in [-0.25, -0.2) is 0 Å². The van der Waals surface area contributed by atoms with Crippen molar-refractivity contribution in [2.24, 2.45) is 0 Å². The molecular formula is C29H35N3O. The van der Waals surface area contributed by atoms with Crippen molar-refractivity contribution >= 4 is 11.4 Å². The van der Waals surface area contributed by atoms with E-state index in [-0.39, 0.29) is 5.41 Å². The van der Waals surface area contributed by atoms with Gasteiger partial charge >= 0.3 is 0 Å². The van der Waals surface area contributed by atoms with E-state index < -0.39 is 0 Å². The third kappa shape index (κ3) is 4.64. The van der Waals surface area contributed by atoms with Gasteiger partial charge in [-0.05, 0) is 40.8 Å². The molecule has 1 N–H and O–H groups in total. The van der Waals surface area contributed by atoms with Crippen molar-refractivity contribution in [3.8, 4) is 5.75 Å². The summed E-state index contributed by atoms with van der Waals surface area (Å²) in [7, 11) is 1.72. The Balaban J connectivity index is 1.22. The Hall–Kier alpha value is -2.82. The zero-order chi connectivity index (χ0) is 22.8. The summed E-state index contributed by atoms with van der Waals surface area (Å²) in [6.07, 6.45) is 1.14. The first-order valence-electron chi connectivity index (χ1n) is 12.1. The molecule has 172 valence electrons. The van der Waals surface area contributed by atoms with Gasteiger partial charge in [0.15, 0.2) is 0 Å². The molecule has 2 aliphatic rings. The standard InChI is InChI=1S/C29H35N3O/c1-29(2)25-11-10-24(33-3)20-28(25)30-27-12-9-23(19-26(27)29)21-32-17-15-31(16-18-32)14-13-22-7-5-4-6-8-22/h4-12,19-20,30H,13-18,21H2,1-3H3. The van der Waals surface area contributed by atoms with Gasteiger partial charge in [-0.1, -0.05) is 62.4 Å². The summed E-state index contributed by atoms with van der Waals surface area (Å²) in [5, 5.41) is 3.63. The fraction of sp³-hybridized carbons (Fsp3) is 0.379. The lowest BCUT2D eigenvalue weighted by atomic mass is 9.74. The average molecular weight is 442 g/mol. The largest absolute Gasteiger partial charge is 0.497 e. The Morgan fingerprint density at radius 1 is 0.788 bits per heavy atom. The van der Waals surface area contributed by atoms with Crippen LogP contribution in [0.5, 0.6) is 5.75 Å². The van der Waals surface area contributed by atoms with E-state index in [9.17, 15) is 0 Å². The SMILES string of the molecule is COc1ccc2c(c1)Nc1ccc(CN3CCN(CCc4ccccc4)CC3)cc1C2(C)C. The van der Waals surface area contributed by atoms with Gasteiger partial charge in [0.1, 0.15) is 5.75 Å². The van der Waals surface area contributed by atoms with Crippen LogP contribution in [0.15, 0.2) is 66.7 Å². The van der Waals surface area contributed by atoms with Crippen molar-refractivity contribution in [3.05, 3.63) is 89.0 Å². The lowest BCUT2D eigenvalue weighted by Gasteiger charge is -2.37. The number of methoxy groups -OCH3 is 1. The van der Waals surface area contributed by atoms with Gasteiger partial charge in [0.05, 0.1) is 7.11 Å². The van der Waals surface area contributed by atoms with E-state index in [4.69, 9.17) is 4.74 Å². The van der Waals surface area contributed by atoms with Crippen LogP contribution in [0.1, 0.15) is 36.1 Å². The molecule has 2 heterocycles. The quantitative estimate of drug-likeness (QED) is 0.551. The third-order valence-corrected chi connectivity index (χ3v) is 7.36. The number of fused-ring (bicyclic) bond motifs is 2. The average Bonchev–Trinajstić information content (AvgIpc) is 2.84. The maximum atomic E-state index is 5.44. The number of ether oxygens (including phenoxy) is 1. The Labute approximate surface area is 198 Å². The summed E-state index contributed by atoms with van der Waals surface area (Å²) >= 11 is 0. The Morgan fingerprint density at radius 2 is 1.55 bits per heavy atom. The van der Waals surface area contributed by atoms with E-state index in [1.165, 1.54) is 27.9 Å². The van der Waals surface area contributed by atoms with E-state index in [0.29, 0.717) is 0 Å². The molecule has 1 fully saturated rings. The summed E-state index contributed by atoms with van der Waals surface area (Å²) < 4.78 is 5.44. The van der Waals surface area contributed by atoms with Gasteiger partial charge in [0, 0.05) is 62.1 Å². The highest BCUT2D eigenvalue weighted by Crippen LogP contribution is 2.46. The predicted octanol–water partition coefficient (Wildman–Crippen LogP) is 5.44. The molecule has 0 bridgehead atoms. The Kier molecular flexibility index (Phi) is 6.13. The number of hydrogen-bond acceptors (Lipinski definition) is 4. The summed E-state index contributed by atoms with van der Waals surface area (Å²) in [6, 6.07) is 24.2. The van der Waals surface area contributed by atoms with Crippen molar-refractivity contribution in [2.75, 3.05) is 45.2 Å². The normalized spacial score (nSPS) is 17.7. The molecule has 2 aliphatic heterocycles. The van der Waals surface area contributed by atoms with Crippen LogP contribution in [0.3, 0.4) is 0 Å². The second-order valence-corrected chi connectivity index (χ2v) is 9.89. The number of piperazine rings is 1. The minimum atomic E-state index is -0.0473. The number of hydrogen-bond donors (Lipinski definition) is 1. The number of rotatable bonds is 6. The number of benzene rings is 3. The molecule has 5 rings (SSSR count). The second kappa shape index (κ2) is 9.20. The first-order valence-corrected chi connectivity index (χ1v) is 12.1. The molecule has 0 radical (unpaired) electrons. The lowest BCUT2D eigenvalue weighted by molar-refractivity contribution is 0.128. The van der Waals surface area contributed by atoms with E-state index in [0.717, 1.165) is 57.1 Å². The zero-order valence-electron chi connectivity index (χ0n) is 20.1. The first-order chi connectivity index (χ1) is 16.0. The van der Waals surface area contributed by atoms with Crippen LogP contribution < -0.4 is 10.1 Å². The maximum absolute atomic E-state index is 5.44. The molecule has 0 atom stereocenters. The number of nitrogens with one attached hydrogen (secondary N) is 1. The van der Waals surface area contributed by atoms with E-state index in [1.807, 2.05) is 0 Å². The van der Waals surface area contributed by atoms with E-state index in [2.05, 4.69) is 95.7 Å². The molecule has 0 saturated carbocycles. The topological polar surface area (TPSA) is 27.7 Å². The summed E-state index contributed by atoms with van der Waals surface area (Å²) in [5.74, 6) is 0.889. The van der Waals surface area contributed by atoms with Crippen LogP contribution in [-0.4, -0.2) is 49.6 Å². The van der Waals surface area contributed by atoms with Crippen LogP contribution in [-0.2, 0) is 18.4 Å². The van der Waals surface area contributed by atoms with Crippen molar-refractivity contribution in [1.29, 1.82) is 0 Å². The highest BCUT2D eigenvalue weighted by Gasteiger charge is 2.33. The molecule has 0 amide bonds. The fourth-order valence-electron chi connectivity index (χ4n) is 5.27. The highest BCUT2D eigenvalue weighted by molar-refractivity contribution is 5.76. The Bertz CT molecular complexity index is 1100. The zero-order valence-corrected chi connectivity index (χ0v) is 20.1. The van der Waals surface area contributed by atoms with Gasteiger partial charge in [0.25, 0.3) is 0 Å². The second-order valence-electron chi connectivity index (χ2n) is 9.89. The summed E-state index contributed by atoms with van der Waals surface area (Å²) in [5.41, 5.74) is 7.83. The monoisotopic (exact) mass is 441 g/mol. The third-order valence-electron chi connectivity index (χ3n) is 7.36. The smallest absolute Gasteiger partial charge is 0.120 e. The van der Waals surface area contributed by atoms with Crippen molar-refractivity contribution in [1.82, 2.24) is 9.80 Å². The van der Waals surface area contributed by atoms with Gasteiger partial charge in [-0.2, -0.15) is 0 Å². The first kappa shape index (κ1) is 22.0. The van der Waals surface area contributed by atoms with Gasteiger partial charge in [-0.3, -0.25) is 4.90 Å². The van der Waals surface area contributed by atoms with Gasteiger partial charge in [-0.15, -0.1) is 0 Å². The molecule has 0 aliphatic carbocycles. The van der Waals surface area contributed by atoms with E-state index >= 15 is 0 Å². The van der Waals surface area contributed by atoms with E-state index in [1.54, 1.807) is 7.11 Å². The molecule has 0 aromatic heterocycles.